The van der Waals surface area contributed by atoms with Crippen LogP contribution in [0.3, 0.4) is 0 Å². The fourth-order valence-corrected chi connectivity index (χ4v) is 3.28. The zero-order valence-electron chi connectivity index (χ0n) is 18.8. The van der Waals surface area contributed by atoms with Gasteiger partial charge in [-0.2, -0.15) is 0 Å². The van der Waals surface area contributed by atoms with Gasteiger partial charge >= 0.3 is 0 Å². The third-order valence-corrected chi connectivity index (χ3v) is 4.83. The number of likely N-dealkylation sites (N-methyl/N-ethyl adjacent to an activating group) is 1. The maximum atomic E-state index is 12.4. The van der Waals surface area contributed by atoms with Gasteiger partial charge < -0.3 is 15.4 Å². The molecular formula is C21H36N4O5. The lowest BCUT2D eigenvalue weighted by Gasteiger charge is -2.28. The molecule has 0 bridgehead atoms. The molecule has 0 radical (unpaired) electrons. The summed E-state index contributed by atoms with van der Waals surface area (Å²) in [6.07, 6.45) is 5.01. The first-order valence-corrected chi connectivity index (χ1v) is 10.5. The maximum absolute atomic E-state index is 12.4. The Kier molecular flexibility index (Phi) is 11.3. The predicted octanol–water partition coefficient (Wildman–Crippen LogP) is 0.305. The minimum atomic E-state index is -0.590. The molecule has 0 aromatic carbocycles. The molecule has 9 nitrogen and oxygen atoms in total. The number of hydrogen-bond acceptors (Lipinski definition) is 6. The van der Waals surface area contributed by atoms with Gasteiger partial charge in [0.15, 0.2) is 0 Å². The summed E-state index contributed by atoms with van der Waals surface area (Å²) in [7, 11) is 3.70. The van der Waals surface area contributed by atoms with Crippen LogP contribution in [-0.4, -0.2) is 85.9 Å². The normalized spacial score (nSPS) is 15.8. The first-order valence-electron chi connectivity index (χ1n) is 10.5. The highest BCUT2D eigenvalue weighted by Crippen LogP contribution is 2.08. The Labute approximate surface area is 179 Å². The fraction of sp³-hybridized carbons (Fsp3) is 0.714. The van der Waals surface area contributed by atoms with Gasteiger partial charge in [-0.25, -0.2) is 0 Å². The van der Waals surface area contributed by atoms with Crippen molar-refractivity contribution in [1.29, 1.82) is 0 Å². The molecule has 0 aliphatic carbocycles. The van der Waals surface area contributed by atoms with E-state index in [-0.39, 0.29) is 42.1 Å². The van der Waals surface area contributed by atoms with Crippen molar-refractivity contribution < 1.29 is 23.9 Å². The second kappa shape index (κ2) is 13.1. The number of nitrogens with zero attached hydrogens (tertiary/aromatic N) is 2. The van der Waals surface area contributed by atoms with E-state index in [1.54, 1.807) is 6.92 Å². The van der Waals surface area contributed by atoms with Crippen LogP contribution in [0.4, 0.5) is 0 Å². The first-order chi connectivity index (χ1) is 14.1. The monoisotopic (exact) mass is 424 g/mol. The summed E-state index contributed by atoms with van der Waals surface area (Å²) in [6.45, 7) is 7.27. The van der Waals surface area contributed by atoms with E-state index < -0.39 is 6.04 Å². The lowest BCUT2D eigenvalue weighted by Crippen LogP contribution is -2.53. The lowest BCUT2D eigenvalue weighted by atomic mass is 10.0. The van der Waals surface area contributed by atoms with E-state index in [0.29, 0.717) is 19.8 Å². The zero-order chi connectivity index (χ0) is 22.7. The van der Waals surface area contributed by atoms with Gasteiger partial charge in [0.2, 0.25) is 11.8 Å². The molecule has 0 spiro atoms. The standard InChI is InChI=1S/C21H36N4O5/c1-15(2)19(24(4)5)21(29)23-16(3)20(28)22-11-7-6-8-13-30-14-12-25-17(26)9-10-18(25)27/h9-10,15-16,19H,6-8,11-14H2,1-5H3,(H,22,28)(H,23,29)/t16-,19-/m0/s1. The van der Waals surface area contributed by atoms with E-state index in [2.05, 4.69) is 10.6 Å². The number of unbranched alkanes of at least 4 members (excludes halogenated alkanes) is 2. The average molecular weight is 425 g/mol. The molecule has 0 aromatic heterocycles. The summed E-state index contributed by atoms with van der Waals surface area (Å²) >= 11 is 0. The minimum Gasteiger partial charge on any atom is -0.380 e. The molecule has 0 aromatic rings. The smallest absolute Gasteiger partial charge is 0.253 e. The molecule has 1 rings (SSSR count). The van der Waals surface area contributed by atoms with Crippen LogP contribution in [-0.2, 0) is 23.9 Å². The largest absolute Gasteiger partial charge is 0.380 e. The summed E-state index contributed by atoms with van der Waals surface area (Å²) in [5.74, 6) is -0.805. The van der Waals surface area contributed by atoms with Crippen molar-refractivity contribution in [2.24, 2.45) is 5.92 Å². The zero-order valence-corrected chi connectivity index (χ0v) is 18.8. The Morgan fingerprint density at radius 1 is 1.00 bits per heavy atom. The van der Waals surface area contributed by atoms with Crippen LogP contribution in [0.1, 0.15) is 40.0 Å². The number of carbonyl (C=O) groups excluding carboxylic acids is 4. The molecule has 0 fully saturated rings. The summed E-state index contributed by atoms with van der Waals surface area (Å²) < 4.78 is 5.45. The number of rotatable bonds is 14. The molecule has 1 heterocycles. The molecule has 0 saturated carbocycles. The van der Waals surface area contributed by atoms with Crippen LogP contribution in [0.5, 0.6) is 0 Å². The highest BCUT2D eigenvalue weighted by Gasteiger charge is 2.27. The van der Waals surface area contributed by atoms with Gasteiger partial charge in [0, 0.05) is 25.3 Å². The van der Waals surface area contributed by atoms with Gasteiger partial charge in [-0.05, 0) is 46.2 Å². The third kappa shape index (κ3) is 8.62. The molecule has 0 saturated heterocycles. The Bertz CT molecular complexity index is 607. The molecule has 2 atom stereocenters. The Hall–Kier alpha value is -2.26. The van der Waals surface area contributed by atoms with Gasteiger partial charge in [-0.3, -0.25) is 29.0 Å². The van der Waals surface area contributed by atoms with E-state index >= 15 is 0 Å². The SMILES string of the molecule is CC(C)[C@@H](C(=O)N[C@@H](C)C(=O)NCCCCCOCCN1C(=O)C=CC1=O)N(C)C. The third-order valence-electron chi connectivity index (χ3n) is 4.83. The molecule has 0 unspecified atom stereocenters. The van der Waals surface area contributed by atoms with Crippen LogP contribution in [0, 0.1) is 5.92 Å². The molecule has 4 amide bonds. The number of amides is 4. The fourth-order valence-electron chi connectivity index (χ4n) is 3.28. The van der Waals surface area contributed by atoms with Crippen molar-refractivity contribution in [2.75, 3.05) is 40.4 Å². The van der Waals surface area contributed by atoms with E-state index in [9.17, 15) is 19.2 Å². The van der Waals surface area contributed by atoms with Crippen molar-refractivity contribution in [3.05, 3.63) is 12.2 Å². The number of nitrogens with one attached hydrogen (secondary N) is 2. The van der Waals surface area contributed by atoms with Crippen LogP contribution < -0.4 is 10.6 Å². The number of hydrogen-bond donors (Lipinski definition) is 2. The Morgan fingerprint density at radius 3 is 2.20 bits per heavy atom. The van der Waals surface area contributed by atoms with E-state index in [4.69, 9.17) is 4.74 Å². The number of carbonyl (C=O) groups is 4. The molecule has 30 heavy (non-hydrogen) atoms. The van der Waals surface area contributed by atoms with Gasteiger partial charge in [-0.15, -0.1) is 0 Å². The van der Waals surface area contributed by atoms with Gasteiger partial charge in [-0.1, -0.05) is 13.8 Å². The van der Waals surface area contributed by atoms with Crippen molar-refractivity contribution in [3.63, 3.8) is 0 Å². The topological polar surface area (TPSA) is 108 Å². The van der Waals surface area contributed by atoms with Crippen LogP contribution in [0.25, 0.3) is 0 Å². The molecule has 2 N–H and O–H groups in total. The second-order valence-electron chi connectivity index (χ2n) is 8.01. The van der Waals surface area contributed by atoms with Gasteiger partial charge in [0.05, 0.1) is 19.2 Å². The van der Waals surface area contributed by atoms with Crippen molar-refractivity contribution >= 4 is 23.6 Å². The molecular weight excluding hydrogens is 388 g/mol. The van der Waals surface area contributed by atoms with Crippen LogP contribution >= 0.6 is 0 Å². The molecule has 9 heteroatoms. The molecule has 1 aliphatic rings. The lowest BCUT2D eigenvalue weighted by molar-refractivity contribution is -0.137. The second-order valence-corrected chi connectivity index (χ2v) is 8.01. The Morgan fingerprint density at radius 2 is 1.63 bits per heavy atom. The molecule has 1 aliphatic heterocycles. The maximum Gasteiger partial charge on any atom is 0.253 e. The van der Waals surface area contributed by atoms with E-state index in [1.807, 2.05) is 32.8 Å². The minimum absolute atomic E-state index is 0.144. The van der Waals surface area contributed by atoms with E-state index in [1.165, 1.54) is 12.2 Å². The van der Waals surface area contributed by atoms with Crippen molar-refractivity contribution in [1.82, 2.24) is 20.4 Å². The highest BCUT2D eigenvalue weighted by atomic mass is 16.5. The number of imide groups is 1. The van der Waals surface area contributed by atoms with Crippen molar-refractivity contribution in [2.45, 2.75) is 52.1 Å². The Balaban J connectivity index is 2.09. The average Bonchev–Trinajstić information content (AvgIpc) is 2.97. The summed E-state index contributed by atoms with van der Waals surface area (Å²) in [6, 6.07) is -0.870. The van der Waals surface area contributed by atoms with Gasteiger partial charge in [0.25, 0.3) is 11.8 Å². The quantitative estimate of drug-likeness (QED) is 0.307. The highest BCUT2D eigenvalue weighted by molar-refractivity contribution is 6.12. The van der Waals surface area contributed by atoms with Crippen molar-refractivity contribution in [3.8, 4) is 0 Å². The summed E-state index contributed by atoms with van der Waals surface area (Å²) in [5, 5.41) is 5.62. The van der Waals surface area contributed by atoms with Crippen LogP contribution in [0.15, 0.2) is 12.2 Å². The molecule has 170 valence electrons. The number of ether oxygens (including phenoxy) is 1. The van der Waals surface area contributed by atoms with Gasteiger partial charge in [0.1, 0.15) is 6.04 Å². The van der Waals surface area contributed by atoms with Crippen LogP contribution in [0.2, 0.25) is 0 Å². The predicted molar refractivity (Wildman–Crippen MR) is 113 cm³/mol. The first kappa shape index (κ1) is 25.8. The van der Waals surface area contributed by atoms with E-state index in [0.717, 1.165) is 24.2 Å². The summed E-state index contributed by atoms with van der Waals surface area (Å²) in [5.41, 5.74) is 0. The summed E-state index contributed by atoms with van der Waals surface area (Å²) in [4.78, 5) is 50.3.